The van der Waals surface area contributed by atoms with Gasteiger partial charge in [0, 0.05) is 0 Å². The Kier molecular flexibility index (Phi) is 0.774. The van der Waals surface area contributed by atoms with E-state index in [-0.39, 0.29) is 0 Å². The van der Waals surface area contributed by atoms with Crippen LogP contribution in [0.3, 0.4) is 0 Å². The fraction of sp³-hybridized carbons (Fsp3) is 0.167. The molecule has 1 aliphatic carbocycles. The van der Waals surface area contributed by atoms with Crippen molar-refractivity contribution in [1.82, 2.24) is 0 Å². The average Bonchev–Trinajstić information content (AvgIpc) is 2.44. The van der Waals surface area contributed by atoms with Gasteiger partial charge in [0.1, 0.15) is 5.41 Å². The lowest BCUT2D eigenvalue weighted by Crippen LogP contribution is -2.12. The van der Waals surface area contributed by atoms with Crippen LogP contribution in [0.1, 0.15) is 0 Å². The van der Waals surface area contributed by atoms with Crippen LogP contribution >= 0.6 is 0 Å². The summed E-state index contributed by atoms with van der Waals surface area (Å²) in [6.07, 6.45) is 4.61. The number of hydrogen-bond donors (Lipinski definition) is 1. The average molecular weight is 110 g/mol. The van der Waals surface area contributed by atoms with E-state index >= 15 is 0 Å². The first-order valence-electron chi connectivity index (χ1n) is 2.29. The Morgan fingerprint density at radius 3 is 2.25 bits per heavy atom. The van der Waals surface area contributed by atoms with Crippen LogP contribution in [0.5, 0.6) is 0 Å². The van der Waals surface area contributed by atoms with Crippen molar-refractivity contribution in [3.8, 4) is 0 Å². The van der Waals surface area contributed by atoms with Gasteiger partial charge in [-0.15, -0.1) is 6.58 Å². The number of carbonyl (C=O) groups is 1. The zero-order chi connectivity index (χ0) is 6.20. The highest BCUT2D eigenvalue weighted by Crippen LogP contribution is 2.35. The monoisotopic (exact) mass is 110 g/mol. The molecule has 42 valence electrons. The van der Waals surface area contributed by atoms with Gasteiger partial charge in [-0.05, 0) is 0 Å². The number of hydrogen-bond acceptors (Lipinski definition) is 1. The highest BCUT2D eigenvalue weighted by molar-refractivity contribution is 5.87. The fourth-order valence-corrected chi connectivity index (χ4v) is 0.456. The summed E-state index contributed by atoms with van der Waals surface area (Å²) in [5.41, 5.74) is -0.778. The number of carboxylic acid groups (broad SMARTS) is 1. The Hall–Kier alpha value is -1.05. The van der Waals surface area contributed by atoms with Crippen LogP contribution < -0.4 is 0 Å². The van der Waals surface area contributed by atoms with Gasteiger partial charge < -0.3 is 5.11 Å². The van der Waals surface area contributed by atoms with E-state index in [0.29, 0.717) is 0 Å². The summed E-state index contributed by atoms with van der Waals surface area (Å²) >= 11 is 0. The normalized spacial score (nSPS) is 20.0. The summed E-state index contributed by atoms with van der Waals surface area (Å²) in [5, 5.41) is 8.37. The molecule has 0 radical (unpaired) electrons. The first-order chi connectivity index (χ1) is 3.71. The molecule has 0 saturated carbocycles. The van der Waals surface area contributed by atoms with Crippen LogP contribution in [0.25, 0.3) is 0 Å². The predicted octanol–water partition coefficient (Wildman–Crippen LogP) is 0.813. The second kappa shape index (κ2) is 1.22. The minimum Gasteiger partial charge on any atom is -0.480 e. The van der Waals surface area contributed by atoms with E-state index in [1.165, 1.54) is 6.08 Å². The Morgan fingerprint density at radius 1 is 1.75 bits per heavy atom. The summed E-state index contributed by atoms with van der Waals surface area (Å²) < 4.78 is 0. The van der Waals surface area contributed by atoms with Gasteiger partial charge >= 0.3 is 5.97 Å². The molecule has 0 unspecified atom stereocenters. The standard InChI is InChI=1S/C6H6O2/c1-2-6(3-4-6)5(7)8/h2-4H,1H2,(H,7,8). The molecular weight excluding hydrogens is 104 g/mol. The van der Waals surface area contributed by atoms with E-state index in [1.54, 1.807) is 12.2 Å². The maximum atomic E-state index is 10.2. The third kappa shape index (κ3) is 0.461. The molecule has 0 fully saturated rings. The molecule has 1 N–H and O–H groups in total. The van der Waals surface area contributed by atoms with E-state index in [0.717, 1.165) is 0 Å². The topological polar surface area (TPSA) is 37.3 Å². The predicted molar refractivity (Wildman–Crippen MR) is 29.4 cm³/mol. The molecule has 0 aromatic carbocycles. The van der Waals surface area contributed by atoms with Crippen LogP contribution in [-0.2, 0) is 4.79 Å². The van der Waals surface area contributed by atoms with Crippen LogP contribution in [0.15, 0.2) is 24.8 Å². The van der Waals surface area contributed by atoms with Crippen LogP contribution in [0.4, 0.5) is 0 Å². The van der Waals surface area contributed by atoms with Gasteiger partial charge in [-0.3, -0.25) is 4.79 Å². The van der Waals surface area contributed by atoms with Gasteiger partial charge in [0.15, 0.2) is 0 Å². The summed E-state index contributed by atoms with van der Waals surface area (Å²) in [5.74, 6) is -0.840. The maximum Gasteiger partial charge on any atom is 0.321 e. The lowest BCUT2D eigenvalue weighted by molar-refractivity contribution is -0.140. The first kappa shape index (κ1) is 5.09. The van der Waals surface area contributed by atoms with Crippen molar-refractivity contribution in [2.75, 3.05) is 0 Å². The molecular formula is C6H6O2. The lowest BCUT2D eigenvalue weighted by Gasteiger charge is -1.98. The van der Waals surface area contributed by atoms with Crippen LogP contribution in [-0.4, -0.2) is 11.1 Å². The molecule has 2 nitrogen and oxygen atoms in total. The molecule has 0 aromatic heterocycles. The fourth-order valence-electron chi connectivity index (χ4n) is 0.456. The SMILES string of the molecule is C=CC1(C(=O)O)C=C1. The zero-order valence-corrected chi connectivity index (χ0v) is 4.29. The zero-order valence-electron chi connectivity index (χ0n) is 4.29. The Morgan fingerprint density at radius 2 is 2.25 bits per heavy atom. The molecule has 1 aliphatic rings. The molecule has 0 bridgehead atoms. The number of carboxylic acids is 1. The van der Waals surface area contributed by atoms with E-state index in [4.69, 9.17) is 5.11 Å². The van der Waals surface area contributed by atoms with Crippen molar-refractivity contribution in [2.45, 2.75) is 0 Å². The second-order valence-corrected chi connectivity index (χ2v) is 1.78. The largest absolute Gasteiger partial charge is 0.480 e. The second-order valence-electron chi connectivity index (χ2n) is 1.78. The van der Waals surface area contributed by atoms with Gasteiger partial charge in [0.05, 0.1) is 0 Å². The molecule has 0 saturated heterocycles. The molecule has 2 heteroatoms. The number of rotatable bonds is 2. The minimum atomic E-state index is -0.840. The van der Waals surface area contributed by atoms with Crippen molar-refractivity contribution < 1.29 is 9.90 Å². The van der Waals surface area contributed by atoms with Crippen LogP contribution in [0, 0.1) is 5.41 Å². The smallest absolute Gasteiger partial charge is 0.321 e. The first-order valence-corrected chi connectivity index (χ1v) is 2.29. The maximum absolute atomic E-state index is 10.2. The van der Waals surface area contributed by atoms with Crippen molar-refractivity contribution in [1.29, 1.82) is 0 Å². The summed E-state index contributed by atoms with van der Waals surface area (Å²) in [4.78, 5) is 10.2. The number of aliphatic carboxylic acids is 1. The molecule has 0 aliphatic heterocycles. The van der Waals surface area contributed by atoms with Gasteiger partial charge in [-0.1, -0.05) is 18.2 Å². The van der Waals surface area contributed by atoms with Crippen molar-refractivity contribution >= 4 is 5.97 Å². The molecule has 0 aromatic rings. The van der Waals surface area contributed by atoms with Gasteiger partial charge in [-0.25, -0.2) is 0 Å². The summed E-state index contributed by atoms with van der Waals surface area (Å²) in [6, 6.07) is 0. The van der Waals surface area contributed by atoms with Crippen molar-refractivity contribution in [3.05, 3.63) is 24.8 Å². The summed E-state index contributed by atoms with van der Waals surface area (Å²) in [7, 11) is 0. The molecule has 0 atom stereocenters. The third-order valence-corrected chi connectivity index (χ3v) is 1.23. The van der Waals surface area contributed by atoms with Gasteiger partial charge in [0.25, 0.3) is 0 Å². The molecule has 0 amide bonds. The van der Waals surface area contributed by atoms with Crippen molar-refractivity contribution in [2.24, 2.45) is 5.41 Å². The van der Waals surface area contributed by atoms with Crippen molar-refractivity contribution in [3.63, 3.8) is 0 Å². The van der Waals surface area contributed by atoms with E-state index in [9.17, 15) is 4.79 Å². The van der Waals surface area contributed by atoms with Gasteiger partial charge in [0.2, 0.25) is 0 Å². The Balaban J connectivity index is 2.69. The van der Waals surface area contributed by atoms with E-state index < -0.39 is 11.4 Å². The Bertz CT molecular complexity index is 161. The van der Waals surface area contributed by atoms with E-state index in [2.05, 4.69) is 6.58 Å². The highest BCUT2D eigenvalue weighted by atomic mass is 16.4. The highest BCUT2D eigenvalue weighted by Gasteiger charge is 2.38. The molecule has 0 heterocycles. The Labute approximate surface area is 47.1 Å². The van der Waals surface area contributed by atoms with Gasteiger partial charge in [-0.2, -0.15) is 0 Å². The van der Waals surface area contributed by atoms with Crippen LogP contribution in [0.2, 0.25) is 0 Å². The molecule has 0 spiro atoms. The minimum absolute atomic E-state index is 0.778. The third-order valence-electron chi connectivity index (χ3n) is 1.23. The molecule has 1 rings (SSSR count). The van der Waals surface area contributed by atoms with E-state index in [1.807, 2.05) is 0 Å². The summed E-state index contributed by atoms with van der Waals surface area (Å²) in [6.45, 7) is 3.37. The quantitative estimate of drug-likeness (QED) is 0.534. The molecule has 8 heavy (non-hydrogen) atoms. The lowest BCUT2D eigenvalue weighted by atomic mass is 10.1.